The van der Waals surface area contributed by atoms with E-state index in [2.05, 4.69) is 20.0 Å². The summed E-state index contributed by atoms with van der Waals surface area (Å²) in [4.78, 5) is 19.7. The second kappa shape index (κ2) is 7.65. The van der Waals surface area contributed by atoms with E-state index in [1.807, 2.05) is 26.2 Å². The summed E-state index contributed by atoms with van der Waals surface area (Å²) < 4.78 is 24.9. The van der Waals surface area contributed by atoms with Crippen LogP contribution in [0.2, 0.25) is 0 Å². The highest BCUT2D eigenvalue weighted by Gasteiger charge is 2.23. The van der Waals surface area contributed by atoms with Crippen LogP contribution in [0.1, 0.15) is 31.9 Å². The number of benzene rings is 1. The predicted octanol–water partition coefficient (Wildman–Crippen LogP) is 3.69. The van der Waals surface area contributed by atoms with Crippen molar-refractivity contribution in [2.75, 3.05) is 11.6 Å². The second-order valence-electron chi connectivity index (χ2n) is 7.66. The number of anilines is 2. The topological polar surface area (TPSA) is 127 Å². The molecule has 29 heavy (non-hydrogen) atoms. The Bertz CT molecular complexity index is 1180. The molecule has 3 aromatic rings. The molecule has 0 saturated carbocycles. The monoisotopic (exact) mass is 435 g/mol. The number of hydrogen-bond acceptors (Lipinski definition) is 8. The third kappa shape index (κ3) is 5.05. The van der Waals surface area contributed by atoms with Gasteiger partial charge in [-0.05, 0) is 28.0 Å². The lowest BCUT2D eigenvalue weighted by Crippen LogP contribution is -2.20. The van der Waals surface area contributed by atoms with Crippen LogP contribution in [-0.2, 0) is 22.0 Å². The Morgan fingerprint density at radius 3 is 2.55 bits per heavy atom. The molecule has 3 rings (SSSR count). The molecule has 2 heterocycles. The van der Waals surface area contributed by atoms with Gasteiger partial charge in [-0.25, -0.2) is 23.1 Å². The number of aromatic nitrogens is 2. The van der Waals surface area contributed by atoms with Crippen LogP contribution >= 0.6 is 11.3 Å². The Hall–Kier alpha value is -2.63. The molecule has 0 aliphatic heterocycles. The molecule has 0 aliphatic carbocycles. The molecule has 154 valence electrons. The Labute approximate surface area is 172 Å². The third-order valence-electron chi connectivity index (χ3n) is 4.18. The van der Waals surface area contributed by atoms with Gasteiger partial charge in [-0.1, -0.05) is 20.8 Å². The van der Waals surface area contributed by atoms with E-state index in [1.54, 1.807) is 12.1 Å². The van der Waals surface area contributed by atoms with E-state index in [4.69, 9.17) is 0 Å². The average Bonchev–Trinajstić information content (AvgIpc) is 3.05. The first-order valence-electron chi connectivity index (χ1n) is 8.67. The van der Waals surface area contributed by atoms with Gasteiger partial charge in [0.05, 0.1) is 27.1 Å². The molecule has 0 unspecified atom stereocenters. The lowest BCUT2D eigenvalue weighted by atomic mass is 9.85. The van der Waals surface area contributed by atoms with Crippen LogP contribution in [-0.4, -0.2) is 29.6 Å². The van der Waals surface area contributed by atoms with Crippen LogP contribution in [0.15, 0.2) is 29.9 Å². The molecule has 0 bridgehead atoms. The molecule has 0 spiro atoms. The molecule has 0 radical (unpaired) electrons. The van der Waals surface area contributed by atoms with Crippen molar-refractivity contribution < 1.29 is 13.3 Å². The molecule has 2 aromatic heterocycles. The Balaban J connectivity index is 2.01. The highest BCUT2D eigenvalue weighted by Crippen LogP contribution is 2.36. The van der Waals surface area contributed by atoms with Crippen LogP contribution in [0.25, 0.3) is 10.9 Å². The standard InChI is InChI=1S/C18H21N5O4S2/c1-18(2,3)14-7-12(23(24)25)6-13-16(14)19-10-20-17(13)22-15-5-11(9-28-15)8-21-29(4,26)27/h5-7,9-10,21H,8H2,1-4H3,(H,19,20,22). The van der Waals surface area contributed by atoms with Gasteiger partial charge in [0.25, 0.3) is 5.69 Å². The number of sulfonamides is 1. The smallest absolute Gasteiger partial charge is 0.270 e. The fraction of sp³-hybridized carbons (Fsp3) is 0.333. The zero-order chi connectivity index (χ0) is 21.4. The van der Waals surface area contributed by atoms with E-state index in [0.29, 0.717) is 16.7 Å². The van der Waals surface area contributed by atoms with Gasteiger partial charge in [0.1, 0.15) is 12.1 Å². The van der Waals surface area contributed by atoms with E-state index in [-0.39, 0.29) is 17.6 Å². The molecule has 0 aliphatic rings. The molecule has 0 atom stereocenters. The third-order valence-corrected chi connectivity index (χ3v) is 5.74. The minimum Gasteiger partial charge on any atom is -0.331 e. The van der Waals surface area contributed by atoms with Crippen molar-refractivity contribution >= 4 is 48.8 Å². The quantitative estimate of drug-likeness (QED) is 0.446. The van der Waals surface area contributed by atoms with E-state index in [0.717, 1.165) is 22.4 Å². The highest BCUT2D eigenvalue weighted by atomic mass is 32.2. The number of nitro groups is 1. The number of non-ortho nitro benzene ring substituents is 1. The summed E-state index contributed by atoms with van der Waals surface area (Å²) in [6.45, 7) is 6.10. The van der Waals surface area contributed by atoms with Crippen LogP contribution in [0, 0.1) is 10.1 Å². The Morgan fingerprint density at radius 2 is 1.93 bits per heavy atom. The summed E-state index contributed by atoms with van der Waals surface area (Å²) in [5, 5.41) is 17.7. The van der Waals surface area contributed by atoms with Gasteiger partial charge >= 0.3 is 0 Å². The number of rotatable bonds is 6. The Kier molecular flexibility index (Phi) is 5.57. The fourth-order valence-electron chi connectivity index (χ4n) is 2.79. The van der Waals surface area contributed by atoms with Gasteiger partial charge in [-0.3, -0.25) is 10.1 Å². The zero-order valence-electron chi connectivity index (χ0n) is 16.4. The van der Waals surface area contributed by atoms with Crippen molar-refractivity contribution in [3.63, 3.8) is 0 Å². The molecule has 11 heteroatoms. The number of hydrogen-bond donors (Lipinski definition) is 2. The number of thiophene rings is 1. The lowest BCUT2D eigenvalue weighted by molar-refractivity contribution is -0.384. The molecular formula is C18H21N5O4S2. The van der Waals surface area contributed by atoms with Crippen molar-refractivity contribution in [2.24, 2.45) is 0 Å². The highest BCUT2D eigenvalue weighted by molar-refractivity contribution is 7.88. The summed E-state index contributed by atoms with van der Waals surface area (Å²) in [6.07, 6.45) is 2.52. The molecule has 0 saturated heterocycles. The molecule has 0 fully saturated rings. The molecule has 0 amide bonds. The molecule has 2 N–H and O–H groups in total. The summed E-state index contributed by atoms with van der Waals surface area (Å²) >= 11 is 1.38. The van der Waals surface area contributed by atoms with Crippen molar-refractivity contribution in [1.82, 2.24) is 14.7 Å². The number of fused-ring (bicyclic) bond motifs is 1. The number of nitro benzene ring substituents is 1. The van der Waals surface area contributed by atoms with Crippen molar-refractivity contribution in [2.45, 2.75) is 32.7 Å². The van der Waals surface area contributed by atoms with E-state index < -0.39 is 14.9 Å². The van der Waals surface area contributed by atoms with E-state index in [1.165, 1.54) is 23.7 Å². The maximum absolute atomic E-state index is 11.4. The second-order valence-corrected chi connectivity index (χ2v) is 10.4. The van der Waals surface area contributed by atoms with Gasteiger partial charge < -0.3 is 5.32 Å². The first kappa shape index (κ1) is 21.1. The fourth-order valence-corrected chi connectivity index (χ4v) is 4.03. The number of nitrogens with zero attached hydrogens (tertiary/aromatic N) is 3. The van der Waals surface area contributed by atoms with Crippen LogP contribution in [0.3, 0.4) is 0 Å². The Morgan fingerprint density at radius 1 is 1.21 bits per heavy atom. The van der Waals surface area contributed by atoms with Gasteiger partial charge in [-0.15, -0.1) is 11.3 Å². The largest absolute Gasteiger partial charge is 0.331 e. The van der Waals surface area contributed by atoms with Gasteiger partial charge in [-0.2, -0.15) is 0 Å². The van der Waals surface area contributed by atoms with Crippen LogP contribution in [0.4, 0.5) is 16.5 Å². The summed E-state index contributed by atoms with van der Waals surface area (Å²) in [5.74, 6) is 0.452. The first-order chi connectivity index (χ1) is 13.4. The normalized spacial score (nSPS) is 12.3. The summed E-state index contributed by atoms with van der Waals surface area (Å²) in [6, 6.07) is 4.82. The number of nitrogens with one attached hydrogen (secondary N) is 2. The molecule has 1 aromatic carbocycles. The maximum Gasteiger partial charge on any atom is 0.270 e. The van der Waals surface area contributed by atoms with Gasteiger partial charge in [0, 0.05) is 18.7 Å². The van der Waals surface area contributed by atoms with Gasteiger partial charge in [0.15, 0.2) is 0 Å². The summed E-state index contributed by atoms with van der Waals surface area (Å²) in [5.41, 5.74) is 1.84. The minimum atomic E-state index is -3.28. The van der Waals surface area contributed by atoms with Gasteiger partial charge in [0.2, 0.25) is 10.0 Å². The molecule has 9 nitrogen and oxygen atoms in total. The summed E-state index contributed by atoms with van der Waals surface area (Å²) in [7, 11) is -3.28. The van der Waals surface area contributed by atoms with Crippen molar-refractivity contribution in [3.05, 3.63) is 51.1 Å². The maximum atomic E-state index is 11.4. The van der Waals surface area contributed by atoms with Crippen molar-refractivity contribution in [3.8, 4) is 0 Å². The predicted molar refractivity (Wildman–Crippen MR) is 114 cm³/mol. The first-order valence-corrected chi connectivity index (χ1v) is 11.4. The van der Waals surface area contributed by atoms with E-state index in [9.17, 15) is 18.5 Å². The SMILES string of the molecule is CC(C)(C)c1cc([N+](=O)[O-])cc2c(Nc3cc(CNS(C)(=O)=O)cs3)ncnc12. The minimum absolute atomic E-state index is 0.0236. The van der Waals surface area contributed by atoms with Crippen LogP contribution in [0.5, 0.6) is 0 Å². The van der Waals surface area contributed by atoms with Crippen LogP contribution < -0.4 is 10.0 Å². The average molecular weight is 436 g/mol. The molecular weight excluding hydrogens is 414 g/mol. The van der Waals surface area contributed by atoms with E-state index >= 15 is 0 Å². The zero-order valence-corrected chi connectivity index (χ0v) is 18.0. The van der Waals surface area contributed by atoms with Crippen molar-refractivity contribution in [1.29, 1.82) is 0 Å². The lowest BCUT2D eigenvalue weighted by Gasteiger charge is -2.21.